The normalized spacial score (nSPS) is 16.7. The summed E-state index contributed by atoms with van der Waals surface area (Å²) in [7, 11) is 2.24. The highest BCUT2D eigenvalue weighted by molar-refractivity contribution is 7.98. The van der Waals surface area contributed by atoms with Gasteiger partial charge in [0.15, 0.2) is 0 Å². The van der Waals surface area contributed by atoms with Crippen LogP contribution < -0.4 is 5.32 Å². The molecule has 0 saturated heterocycles. The van der Waals surface area contributed by atoms with Crippen LogP contribution in [0, 0.1) is 0 Å². The molecule has 0 saturated carbocycles. The molecule has 1 heterocycles. The van der Waals surface area contributed by atoms with Gasteiger partial charge in [-0.25, -0.2) is 0 Å². The van der Waals surface area contributed by atoms with Crippen LogP contribution in [-0.4, -0.2) is 36.5 Å². The summed E-state index contributed by atoms with van der Waals surface area (Å²) in [6, 6.07) is 7.40. The van der Waals surface area contributed by atoms with E-state index in [1.165, 1.54) is 23.3 Å². The van der Waals surface area contributed by atoms with Crippen LogP contribution in [0.1, 0.15) is 23.6 Å². The number of benzene rings is 1. The molecule has 2 rings (SSSR count). The second-order valence-electron chi connectivity index (χ2n) is 5.20. The lowest BCUT2D eigenvalue weighted by Gasteiger charge is -2.27. The van der Waals surface area contributed by atoms with Gasteiger partial charge < -0.3 is 5.32 Å². The fourth-order valence-electron chi connectivity index (χ4n) is 2.55. The van der Waals surface area contributed by atoms with Gasteiger partial charge in [-0.1, -0.05) is 18.2 Å². The zero-order valence-corrected chi connectivity index (χ0v) is 12.5. The number of thioether (sulfide) groups is 1. The quantitative estimate of drug-likeness (QED) is 0.880. The minimum Gasteiger partial charge on any atom is -0.312 e. The highest BCUT2D eigenvalue weighted by Gasteiger charge is 2.15. The molecule has 0 aromatic heterocycles. The highest BCUT2D eigenvalue weighted by Crippen LogP contribution is 2.20. The van der Waals surface area contributed by atoms with Crippen LogP contribution in [0.2, 0.25) is 0 Å². The molecule has 3 heteroatoms. The lowest BCUT2D eigenvalue weighted by atomic mass is 9.95. The maximum absolute atomic E-state index is 3.45. The molecule has 0 spiro atoms. The van der Waals surface area contributed by atoms with Gasteiger partial charge in [0.25, 0.3) is 0 Å². The van der Waals surface area contributed by atoms with Gasteiger partial charge in [0.2, 0.25) is 0 Å². The number of nitrogens with one attached hydrogen (secondary N) is 1. The predicted molar refractivity (Wildman–Crippen MR) is 81.2 cm³/mol. The second-order valence-corrected chi connectivity index (χ2v) is 6.11. The van der Waals surface area contributed by atoms with E-state index in [1.54, 1.807) is 5.56 Å². The standard InChI is InChI=1S/C15H24N2S/c1-12(11-18-3)17(2)10-14-6-4-5-13-9-16-8-7-15(13)14/h4-6,12,16H,7-11H2,1-3H3. The topological polar surface area (TPSA) is 15.3 Å². The molecule has 0 aliphatic carbocycles. The van der Waals surface area contributed by atoms with Crippen LogP contribution in [-0.2, 0) is 19.5 Å². The van der Waals surface area contributed by atoms with E-state index >= 15 is 0 Å². The summed E-state index contributed by atoms with van der Waals surface area (Å²) in [4.78, 5) is 2.47. The smallest absolute Gasteiger partial charge is 0.0236 e. The first-order valence-electron chi connectivity index (χ1n) is 6.72. The van der Waals surface area contributed by atoms with Gasteiger partial charge in [-0.05, 0) is 49.9 Å². The first-order valence-corrected chi connectivity index (χ1v) is 8.11. The summed E-state index contributed by atoms with van der Waals surface area (Å²) >= 11 is 1.93. The van der Waals surface area contributed by atoms with Crippen LogP contribution in [0.5, 0.6) is 0 Å². The molecule has 1 aliphatic heterocycles. The molecular formula is C15H24N2S. The Balaban J connectivity index is 2.09. The maximum Gasteiger partial charge on any atom is 0.0236 e. The fraction of sp³-hybridized carbons (Fsp3) is 0.600. The van der Waals surface area contributed by atoms with Crippen molar-refractivity contribution in [2.45, 2.75) is 32.5 Å². The van der Waals surface area contributed by atoms with Crippen LogP contribution in [0.4, 0.5) is 0 Å². The zero-order valence-electron chi connectivity index (χ0n) is 11.7. The number of nitrogens with zero attached hydrogens (tertiary/aromatic N) is 1. The van der Waals surface area contributed by atoms with E-state index in [2.05, 4.69) is 48.6 Å². The molecule has 1 aliphatic rings. The molecule has 0 radical (unpaired) electrons. The third-order valence-electron chi connectivity index (χ3n) is 3.82. The van der Waals surface area contributed by atoms with Crippen LogP contribution in [0.3, 0.4) is 0 Å². The first kappa shape index (κ1) is 13.9. The van der Waals surface area contributed by atoms with E-state index in [1.807, 2.05) is 11.8 Å². The van der Waals surface area contributed by atoms with E-state index in [0.717, 1.165) is 19.6 Å². The molecule has 18 heavy (non-hydrogen) atoms. The molecule has 2 nitrogen and oxygen atoms in total. The molecular weight excluding hydrogens is 240 g/mol. The van der Waals surface area contributed by atoms with E-state index in [0.29, 0.717) is 6.04 Å². The predicted octanol–water partition coefficient (Wildman–Crippen LogP) is 2.52. The van der Waals surface area contributed by atoms with Crippen molar-refractivity contribution in [3.8, 4) is 0 Å². The Morgan fingerprint density at radius 3 is 3.06 bits per heavy atom. The molecule has 1 aromatic rings. The third-order valence-corrected chi connectivity index (χ3v) is 4.63. The Bertz CT molecular complexity index is 392. The van der Waals surface area contributed by atoms with Crippen molar-refractivity contribution in [1.82, 2.24) is 10.2 Å². The van der Waals surface area contributed by atoms with Gasteiger partial charge >= 0.3 is 0 Å². The summed E-state index contributed by atoms with van der Waals surface area (Å²) in [5, 5.41) is 3.45. The lowest BCUT2D eigenvalue weighted by molar-refractivity contribution is 0.268. The van der Waals surface area contributed by atoms with Crippen molar-refractivity contribution in [3.05, 3.63) is 34.9 Å². The number of hydrogen-bond donors (Lipinski definition) is 1. The molecule has 0 fully saturated rings. The van der Waals surface area contributed by atoms with Gasteiger partial charge in [-0.15, -0.1) is 0 Å². The fourth-order valence-corrected chi connectivity index (χ4v) is 3.29. The number of hydrogen-bond acceptors (Lipinski definition) is 3. The molecule has 0 amide bonds. The molecule has 1 atom stereocenters. The number of rotatable bonds is 5. The van der Waals surface area contributed by atoms with Crippen molar-refractivity contribution in [3.63, 3.8) is 0 Å². The minimum atomic E-state index is 0.637. The van der Waals surface area contributed by atoms with Gasteiger partial charge in [0.05, 0.1) is 0 Å². The average molecular weight is 264 g/mol. The summed E-state index contributed by atoms with van der Waals surface area (Å²) in [5.74, 6) is 1.20. The van der Waals surface area contributed by atoms with Crippen molar-refractivity contribution < 1.29 is 0 Å². The van der Waals surface area contributed by atoms with Crippen LogP contribution >= 0.6 is 11.8 Å². The van der Waals surface area contributed by atoms with Crippen molar-refractivity contribution in [1.29, 1.82) is 0 Å². The van der Waals surface area contributed by atoms with Gasteiger partial charge in [0.1, 0.15) is 0 Å². The molecule has 1 N–H and O–H groups in total. The molecule has 1 unspecified atom stereocenters. The zero-order chi connectivity index (χ0) is 13.0. The summed E-state index contributed by atoms with van der Waals surface area (Å²) in [6.45, 7) is 5.54. The Hall–Kier alpha value is -0.510. The molecule has 1 aromatic carbocycles. The first-order chi connectivity index (χ1) is 8.72. The largest absolute Gasteiger partial charge is 0.312 e. The van der Waals surface area contributed by atoms with Gasteiger partial charge in [0, 0.05) is 24.9 Å². The summed E-state index contributed by atoms with van der Waals surface area (Å²) in [5.41, 5.74) is 4.59. The van der Waals surface area contributed by atoms with Crippen molar-refractivity contribution >= 4 is 11.8 Å². The molecule has 0 bridgehead atoms. The Morgan fingerprint density at radius 2 is 2.28 bits per heavy atom. The second kappa shape index (κ2) is 6.60. The van der Waals surface area contributed by atoms with Crippen molar-refractivity contribution in [2.24, 2.45) is 0 Å². The monoisotopic (exact) mass is 264 g/mol. The Kier molecular flexibility index (Phi) is 5.10. The summed E-state index contributed by atoms with van der Waals surface area (Å²) in [6.07, 6.45) is 3.36. The van der Waals surface area contributed by atoms with E-state index in [-0.39, 0.29) is 0 Å². The minimum absolute atomic E-state index is 0.637. The van der Waals surface area contributed by atoms with Crippen LogP contribution in [0.25, 0.3) is 0 Å². The third kappa shape index (κ3) is 3.28. The lowest BCUT2D eigenvalue weighted by Crippen LogP contribution is -2.32. The Labute approximate surface area is 115 Å². The van der Waals surface area contributed by atoms with Gasteiger partial charge in [-0.3, -0.25) is 4.90 Å². The maximum atomic E-state index is 3.45. The van der Waals surface area contributed by atoms with Crippen LogP contribution in [0.15, 0.2) is 18.2 Å². The Morgan fingerprint density at radius 1 is 1.44 bits per heavy atom. The SMILES string of the molecule is CSCC(C)N(C)Cc1cccc2c1CCNC2. The van der Waals surface area contributed by atoms with E-state index < -0.39 is 0 Å². The van der Waals surface area contributed by atoms with Crippen molar-refractivity contribution in [2.75, 3.05) is 25.6 Å². The highest BCUT2D eigenvalue weighted by atomic mass is 32.2. The van der Waals surface area contributed by atoms with E-state index in [9.17, 15) is 0 Å². The average Bonchev–Trinajstić information content (AvgIpc) is 2.39. The van der Waals surface area contributed by atoms with E-state index in [4.69, 9.17) is 0 Å². The summed E-state index contributed by atoms with van der Waals surface area (Å²) < 4.78 is 0. The molecule has 100 valence electrons. The number of fused-ring (bicyclic) bond motifs is 1. The van der Waals surface area contributed by atoms with Gasteiger partial charge in [-0.2, -0.15) is 11.8 Å².